The first-order chi connectivity index (χ1) is 14.5. The molecule has 0 bridgehead atoms. The predicted molar refractivity (Wildman–Crippen MR) is 117 cm³/mol. The molecule has 1 fully saturated rings. The van der Waals surface area contributed by atoms with E-state index in [1.54, 1.807) is 7.11 Å². The first-order valence-electron chi connectivity index (χ1n) is 10.2. The Morgan fingerprint density at radius 2 is 1.80 bits per heavy atom. The Labute approximate surface area is 176 Å². The highest BCUT2D eigenvalue weighted by Gasteiger charge is 2.28. The number of benzene rings is 2. The van der Waals surface area contributed by atoms with Crippen LogP contribution in [0.3, 0.4) is 0 Å². The molecule has 3 aromatic rings. The largest absolute Gasteiger partial charge is 0.497 e. The van der Waals surface area contributed by atoms with Crippen LogP contribution in [-0.2, 0) is 0 Å². The van der Waals surface area contributed by atoms with Gasteiger partial charge in [0.15, 0.2) is 0 Å². The Hall–Kier alpha value is -3.30. The van der Waals surface area contributed by atoms with Crippen LogP contribution in [0, 0.1) is 25.2 Å². The van der Waals surface area contributed by atoms with Crippen LogP contribution in [0.1, 0.15) is 33.2 Å². The molecule has 1 aromatic heterocycles. The van der Waals surface area contributed by atoms with Gasteiger partial charge in [-0.25, -0.2) is 0 Å². The smallest absolute Gasteiger partial charge is 0.256 e. The fraction of sp³-hybridized carbons (Fsp3) is 0.333. The first-order valence-corrected chi connectivity index (χ1v) is 10.2. The summed E-state index contributed by atoms with van der Waals surface area (Å²) in [4.78, 5) is 20.6. The molecule has 4 rings (SSSR count). The Kier molecular flexibility index (Phi) is 5.47. The van der Waals surface area contributed by atoms with Crippen LogP contribution in [-0.4, -0.2) is 54.0 Å². The first kappa shape index (κ1) is 20.0. The van der Waals surface area contributed by atoms with Gasteiger partial charge in [0.1, 0.15) is 11.8 Å². The van der Waals surface area contributed by atoms with Crippen molar-refractivity contribution in [2.75, 3.05) is 33.3 Å². The highest BCUT2D eigenvalue weighted by molar-refractivity contribution is 6.06. The second-order valence-electron chi connectivity index (χ2n) is 7.74. The maximum Gasteiger partial charge on any atom is 0.256 e. The molecule has 1 atom stereocenters. The third kappa shape index (κ3) is 3.53. The topological polar surface area (TPSA) is 72.4 Å². The average molecular weight is 402 g/mol. The quantitative estimate of drug-likeness (QED) is 0.720. The molecule has 6 heteroatoms. The molecule has 154 valence electrons. The lowest BCUT2D eigenvalue weighted by Gasteiger charge is -2.37. The number of aromatic nitrogens is 1. The minimum atomic E-state index is -0.328. The van der Waals surface area contributed by atoms with Crippen molar-refractivity contribution in [2.45, 2.75) is 19.9 Å². The van der Waals surface area contributed by atoms with E-state index in [4.69, 9.17) is 4.74 Å². The molecule has 2 aromatic carbocycles. The lowest BCUT2D eigenvalue weighted by molar-refractivity contribution is 0.0608. The van der Waals surface area contributed by atoms with Gasteiger partial charge in [0.05, 0.1) is 24.3 Å². The van der Waals surface area contributed by atoms with Gasteiger partial charge >= 0.3 is 0 Å². The maximum atomic E-state index is 13.2. The molecule has 1 unspecified atom stereocenters. The van der Waals surface area contributed by atoms with E-state index in [1.165, 1.54) is 5.56 Å². The molecule has 30 heavy (non-hydrogen) atoms. The van der Waals surface area contributed by atoms with Gasteiger partial charge in [-0.3, -0.25) is 9.69 Å². The number of H-pyrrole nitrogens is 1. The molecule has 1 amide bonds. The van der Waals surface area contributed by atoms with Crippen LogP contribution >= 0.6 is 0 Å². The van der Waals surface area contributed by atoms with Crippen LogP contribution < -0.4 is 4.74 Å². The number of rotatable bonds is 4. The second kappa shape index (κ2) is 8.21. The highest BCUT2D eigenvalue weighted by atomic mass is 16.5. The third-order valence-corrected chi connectivity index (χ3v) is 6.09. The summed E-state index contributed by atoms with van der Waals surface area (Å²) in [6, 6.07) is 15.6. The molecular formula is C24H26N4O2. The summed E-state index contributed by atoms with van der Waals surface area (Å²) in [6.45, 7) is 6.62. The fourth-order valence-corrected chi connectivity index (χ4v) is 4.17. The summed E-state index contributed by atoms with van der Waals surface area (Å²) in [5.41, 5.74) is 4.84. The zero-order chi connectivity index (χ0) is 21.3. The minimum absolute atomic E-state index is 0.0412. The predicted octanol–water partition coefficient (Wildman–Crippen LogP) is 3.82. The summed E-state index contributed by atoms with van der Waals surface area (Å²) in [5, 5.41) is 10.8. The number of amides is 1. The van der Waals surface area contributed by atoms with E-state index in [0.717, 1.165) is 27.9 Å². The number of carbonyl (C=O) groups is 1. The summed E-state index contributed by atoms with van der Waals surface area (Å²) < 4.78 is 5.21. The van der Waals surface area contributed by atoms with E-state index in [0.29, 0.717) is 31.7 Å². The van der Waals surface area contributed by atoms with Crippen molar-refractivity contribution in [1.82, 2.24) is 14.8 Å². The molecule has 0 saturated carbocycles. The van der Waals surface area contributed by atoms with Gasteiger partial charge in [-0.05, 0) is 43.2 Å². The normalized spacial score (nSPS) is 15.7. The molecule has 2 heterocycles. The number of ether oxygens (including phenoxy) is 1. The summed E-state index contributed by atoms with van der Waals surface area (Å²) in [6.07, 6.45) is 0. The van der Waals surface area contributed by atoms with Crippen molar-refractivity contribution in [3.05, 3.63) is 64.8 Å². The van der Waals surface area contributed by atoms with Crippen molar-refractivity contribution in [2.24, 2.45) is 0 Å². The van der Waals surface area contributed by atoms with Crippen LogP contribution in [0.5, 0.6) is 5.75 Å². The van der Waals surface area contributed by atoms with Gasteiger partial charge in [0, 0.05) is 37.3 Å². The van der Waals surface area contributed by atoms with Crippen LogP contribution in [0.4, 0.5) is 0 Å². The number of nitriles is 1. The van der Waals surface area contributed by atoms with E-state index < -0.39 is 0 Å². The Morgan fingerprint density at radius 3 is 2.43 bits per heavy atom. The van der Waals surface area contributed by atoms with Crippen molar-refractivity contribution in [3.8, 4) is 11.8 Å². The maximum absolute atomic E-state index is 13.2. The molecule has 0 radical (unpaired) electrons. The van der Waals surface area contributed by atoms with Gasteiger partial charge < -0.3 is 14.6 Å². The number of nitrogens with zero attached hydrogens (tertiary/aromatic N) is 3. The molecule has 6 nitrogen and oxygen atoms in total. The van der Waals surface area contributed by atoms with Gasteiger partial charge in [0.2, 0.25) is 0 Å². The van der Waals surface area contributed by atoms with E-state index in [2.05, 4.69) is 28.9 Å². The zero-order valence-electron chi connectivity index (χ0n) is 17.6. The number of carbonyl (C=O) groups excluding carboxylic acids is 1. The van der Waals surface area contributed by atoms with Gasteiger partial charge in [0.25, 0.3) is 5.91 Å². The standard InChI is InChI=1S/C24H26N4O2/c1-16-17(2)26-23-20(16)5-4-6-21(23)24(29)28-13-11-27(12-14-28)22(15-25)18-7-9-19(30-3)10-8-18/h4-10,22,26H,11-14H2,1-3H3. The number of aromatic amines is 1. The average Bonchev–Trinajstić information content (AvgIpc) is 3.08. The van der Waals surface area contributed by atoms with E-state index in [-0.39, 0.29) is 11.9 Å². The number of aryl methyl sites for hydroxylation is 2. The number of nitrogens with one attached hydrogen (secondary N) is 1. The SMILES string of the molecule is COc1ccc(C(C#N)N2CCN(C(=O)c3cccc4c(C)c(C)[nH]c34)CC2)cc1. The van der Waals surface area contributed by atoms with E-state index >= 15 is 0 Å². The van der Waals surface area contributed by atoms with Crippen molar-refractivity contribution >= 4 is 16.8 Å². The molecule has 0 spiro atoms. The number of para-hydroxylation sites is 1. The van der Waals surface area contributed by atoms with Crippen molar-refractivity contribution in [1.29, 1.82) is 5.26 Å². The Bertz CT molecular complexity index is 1100. The summed E-state index contributed by atoms with van der Waals surface area (Å²) >= 11 is 0. The number of piperazine rings is 1. The number of methoxy groups -OCH3 is 1. The van der Waals surface area contributed by atoms with Gasteiger partial charge in [-0.1, -0.05) is 24.3 Å². The van der Waals surface area contributed by atoms with E-state index in [1.807, 2.05) is 48.2 Å². The second-order valence-corrected chi connectivity index (χ2v) is 7.74. The lowest BCUT2D eigenvalue weighted by atomic mass is 10.0. The van der Waals surface area contributed by atoms with Crippen LogP contribution in [0.15, 0.2) is 42.5 Å². The monoisotopic (exact) mass is 402 g/mol. The summed E-state index contributed by atoms with van der Waals surface area (Å²) in [7, 11) is 1.63. The minimum Gasteiger partial charge on any atom is -0.497 e. The van der Waals surface area contributed by atoms with E-state index in [9.17, 15) is 10.1 Å². The third-order valence-electron chi connectivity index (χ3n) is 6.09. The number of fused-ring (bicyclic) bond motifs is 1. The molecular weight excluding hydrogens is 376 g/mol. The van der Waals surface area contributed by atoms with Crippen LogP contribution in [0.2, 0.25) is 0 Å². The van der Waals surface area contributed by atoms with Crippen molar-refractivity contribution < 1.29 is 9.53 Å². The number of hydrogen-bond acceptors (Lipinski definition) is 4. The van der Waals surface area contributed by atoms with Crippen LogP contribution in [0.25, 0.3) is 10.9 Å². The lowest BCUT2D eigenvalue weighted by Crippen LogP contribution is -2.49. The Morgan fingerprint density at radius 1 is 1.10 bits per heavy atom. The summed E-state index contributed by atoms with van der Waals surface area (Å²) in [5.74, 6) is 0.814. The molecule has 0 aliphatic carbocycles. The van der Waals surface area contributed by atoms with Gasteiger partial charge in [-0.2, -0.15) is 5.26 Å². The molecule has 1 N–H and O–H groups in total. The number of hydrogen-bond donors (Lipinski definition) is 1. The Balaban J connectivity index is 1.48. The van der Waals surface area contributed by atoms with Crippen molar-refractivity contribution in [3.63, 3.8) is 0 Å². The highest BCUT2D eigenvalue weighted by Crippen LogP contribution is 2.27. The molecule has 1 aliphatic heterocycles. The fourth-order valence-electron chi connectivity index (χ4n) is 4.17. The molecule has 1 saturated heterocycles. The zero-order valence-corrected chi connectivity index (χ0v) is 17.6. The molecule has 1 aliphatic rings. The van der Waals surface area contributed by atoms with Gasteiger partial charge in [-0.15, -0.1) is 0 Å².